The lowest BCUT2D eigenvalue weighted by Gasteiger charge is -2.03. The molecule has 2 aromatic rings. The number of aromatic nitrogens is 1. The summed E-state index contributed by atoms with van der Waals surface area (Å²) < 4.78 is 5.67. The first-order chi connectivity index (χ1) is 7.20. The minimum Gasteiger partial charge on any atom is -0.439 e. The number of thiophene rings is 1. The Hall–Kier alpha value is -1.13. The molecule has 2 rings (SSSR count). The Balaban J connectivity index is 2.27. The van der Waals surface area contributed by atoms with Crippen LogP contribution in [-0.2, 0) is 0 Å². The SMILES string of the molecule is CNC(C)c1cnc(-c2ccc(C)s2)o1. The lowest BCUT2D eigenvalue weighted by atomic mass is 10.3. The maximum atomic E-state index is 5.67. The van der Waals surface area contributed by atoms with Gasteiger partial charge in [-0.2, -0.15) is 0 Å². The molecule has 0 aliphatic heterocycles. The molecule has 0 spiro atoms. The van der Waals surface area contributed by atoms with Gasteiger partial charge in [0.15, 0.2) is 0 Å². The summed E-state index contributed by atoms with van der Waals surface area (Å²) in [6.45, 7) is 4.12. The zero-order chi connectivity index (χ0) is 10.8. The van der Waals surface area contributed by atoms with Crippen molar-refractivity contribution >= 4 is 11.3 Å². The van der Waals surface area contributed by atoms with E-state index in [0.717, 1.165) is 10.6 Å². The van der Waals surface area contributed by atoms with Gasteiger partial charge < -0.3 is 9.73 Å². The average molecular weight is 222 g/mol. The summed E-state index contributed by atoms with van der Waals surface area (Å²) >= 11 is 1.70. The third-order valence-electron chi connectivity index (χ3n) is 2.33. The summed E-state index contributed by atoms with van der Waals surface area (Å²) in [4.78, 5) is 6.63. The molecule has 0 fully saturated rings. The van der Waals surface area contributed by atoms with Gasteiger partial charge in [0, 0.05) is 4.88 Å². The number of aryl methyl sites for hydroxylation is 1. The zero-order valence-electron chi connectivity index (χ0n) is 9.07. The van der Waals surface area contributed by atoms with Crippen molar-refractivity contribution in [2.45, 2.75) is 19.9 Å². The van der Waals surface area contributed by atoms with Gasteiger partial charge in [0.2, 0.25) is 5.89 Å². The van der Waals surface area contributed by atoms with Crippen LogP contribution < -0.4 is 5.32 Å². The number of nitrogens with one attached hydrogen (secondary N) is 1. The number of oxazole rings is 1. The molecule has 0 amide bonds. The van der Waals surface area contributed by atoms with Gasteiger partial charge in [0.1, 0.15) is 5.76 Å². The van der Waals surface area contributed by atoms with Gasteiger partial charge in [-0.15, -0.1) is 11.3 Å². The smallest absolute Gasteiger partial charge is 0.236 e. The monoisotopic (exact) mass is 222 g/mol. The molecule has 0 saturated carbocycles. The van der Waals surface area contributed by atoms with Crippen LogP contribution in [0.3, 0.4) is 0 Å². The van der Waals surface area contributed by atoms with Crippen molar-refractivity contribution < 1.29 is 4.42 Å². The Morgan fingerprint density at radius 1 is 1.47 bits per heavy atom. The number of nitrogens with zero attached hydrogens (tertiary/aromatic N) is 1. The molecule has 80 valence electrons. The van der Waals surface area contributed by atoms with E-state index in [9.17, 15) is 0 Å². The first kappa shape index (κ1) is 10.4. The third-order valence-corrected chi connectivity index (χ3v) is 3.32. The van der Waals surface area contributed by atoms with Crippen LogP contribution in [0, 0.1) is 6.92 Å². The van der Waals surface area contributed by atoms with Gasteiger partial charge in [-0.1, -0.05) is 0 Å². The van der Waals surface area contributed by atoms with Crippen LogP contribution in [0.5, 0.6) is 0 Å². The molecule has 3 nitrogen and oxygen atoms in total. The quantitative estimate of drug-likeness (QED) is 0.867. The molecule has 0 bridgehead atoms. The number of hydrogen-bond acceptors (Lipinski definition) is 4. The largest absolute Gasteiger partial charge is 0.439 e. The Labute approximate surface area is 93.2 Å². The molecule has 0 aliphatic rings. The third kappa shape index (κ3) is 2.11. The van der Waals surface area contributed by atoms with Gasteiger partial charge in [-0.05, 0) is 33.0 Å². The van der Waals surface area contributed by atoms with Crippen LogP contribution in [0.2, 0.25) is 0 Å². The van der Waals surface area contributed by atoms with Gasteiger partial charge in [-0.25, -0.2) is 4.98 Å². The maximum absolute atomic E-state index is 5.67. The normalized spacial score (nSPS) is 13.0. The van der Waals surface area contributed by atoms with E-state index >= 15 is 0 Å². The fraction of sp³-hybridized carbons (Fsp3) is 0.364. The second kappa shape index (κ2) is 4.16. The van der Waals surface area contributed by atoms with E-state index in [0.29, 0.717) is 5.89 Å². The molecular formula is C11H14N2OS. The molecule has 2 aromatic heterocycles. The number of rotatable bonds is 3. The van der Waals surface area contributed by atoms with Crippen LogP contribution in [0.1, 0.15) is 23.6 Å². The van der Waals surface area contributed by atoms with E-state index < -0.39 is 0 Å². The molecule has 1 N–H and O–H groups in total. The minimum absolute atomic E-state index is 0.201. The first-order valence-corrected chi connectivity index (χ1v) is 5.72. The molecule has 0 aromatic carbocycles. The van der Waals surface area contributed by atoms with Crippen molar-refractivity contribution in [1.82, 2.24) is 10.3 Å². The van der Waals surface area contributed by atoms with E-state index in [-0.39, 0.29) is 6.04 Å². The summed E-state index contributed by atoms with van der Waals surface area (Å²) in [6, 6.07) is 4.32. The predicted octanol–water partition coefficient (Wildman–Crippen LogP) is 2.99. The summed E-state index contributed by atoms with van der Waals surface area (Å²) in [7, 11) is 1.90. The van der Waals surface area contributed by atoms with Crippen LogP contribution in [-0.4, -0.2) is 12.0 Å². The Morgan fingerprint density at radius 2 is 2.27 bits per heavy atom. The van der Waals surface area contributed by atoms with Gasteiger partial charge >= 0.3 is 0 Å². The lowest BCUT2D eigenvalue weighted by molar-refractivity contribution is 0.457. The van der Waals surface area contributed by atoms with Crippen LogP contribution in [0.25, 0.3) is 10.8 Å². The van der Waals surface area contributed by atoms with Crippen molar-refractivity contribution in [3.8, 4) is 10.8 Å². The molecular weight excluding hydrogens is 208 g/mol. The Bertz CT molecular complexity index is 447. The average Bonchev–Trinajstić information content (AvgIpc) is 2.84. The summed E-state index contributed by atoms with van der Waals surface area (Å²) in [5.74, 6) is 1.59. The highest BCUT2D eigenvalue weighted by Crippen LogP contribution is 2.28. The van der Waals surface area contributed by atoms with Crippen molar-refractivity contribution in [2.75, 3.05) is 7.05 Å². The predicted molar refractivity (Wildman–Crippen MR) is 62.0 cm³/mol. The van der Waals surface area contributed by atoms with E-state index in [1.807, 2.05) is 20.0 Å². The van der Waals surface area contributed by atoms with Crippen molar-refractivity contribution in [1.29, 1.82) is 0 Å². The van der Waals surface area contributed by atoms with Gasteiger partial charge in [0.25, 0.3) is 0 Å². The summed E-state index contributed by atoms with van der Waals surface area (Å²) in [6.07, 6.45) is 1.78. The topological polar surface area (TPSA) is 38.1 Å². The van der Waals surface area contributed by atoms with Crippen LogP contribution in [0.15, 0.2) is 22.7 Å². The maximum Gasteiger partial charge on any atom is 0.236 e. The molecule has 0 aliphatic carbocycles. The Morgan fingerprint density at radius 3 is 2.87 bits per heavy atom. The fourth-order valence-electron chi connectivity index (χ4n) is 1.29. The summed E-state index contributed by atoms with van der Waals surface area (Å²) in [5, 5.41) is 3.12. The highest BCUT2D eigenvalue weighted by Gasteiger charge is 2.12. The van der Waals surface area contributed by atoms with Gasteiger partial charge in [0.05, 0.1) is 17.1 Å². The second-order valence-electron chi connectivity index (χ2n) is 3.49. The van der Waals surface area contributed by atoms with E-state index in [2.05, 4.69) is 23.3 Å². The molecule has 15 heavy (non-hydrogen) atoms. The van der Waals surface area contributed by atoms with Gasteiger partial charge in [-0.3, -0.25) is 0 Å². The highest BCUT2D eigenvalue weighted by atomic mass is 32.1. The minimum atomic E-state index is 0.201. The lowest BCUT2D eigenvalue weighted by Crippen LogP contribution is -2.11. The molecule has 0 saturated heterocycles. The molecule has 0 radical (unpaired) electrons. The molecule has 4 heteroatoms. The summed E-state index contributed by atoms with van der Waals surface area (Å²) in [5.41, 5.74) is 0. The fourth-order valence-corrected chi connectivity index (χ4v) is 2.09. The van der Waals surface area contributed by atoms with Crippen molar-refractivity contribution in [3.05, 3.63) is 29.0 Å². The molecule has 2 heterocycles. The standard InChI is InChI=1S/C11H14N2OS/c1-7-4-5-10(15-7)11-13-6-9(14-11)8(2)12-3/h4-6,8,12H,1-3H3. The van der Waals surface area contributed by atoms with E-state index in [1.165, 1.54) is 4.88 Å². The van der Waals surface area contributed by atoms with Crippen LogP contribution in [0.4, 0.5) is 0 Å². The number of hydrogen-bond donors (Lipinski definition) is 1. The zero-order valence-corrected chi connectivity index (χ0v) is 9.89. The van der Waals surface area contributed by atoms with E-state index in [1.54, 1.807) is 17.5 Å². The molecule has 1 unspecified atom stereocenters. The molecule has 1 atom stereocenters. The first-order valence-electron chi connectivity index (χ1n) is 4.90. The highest BCUT2D eigenvalue weighted by molar-refractivity contribution is 7.15. The van der Waals surface area contributed by atoms with E-state index in [4.69, 9.17) is 4.42 Å². The van der Waals surface area contributed by atoms with Crippen LogP contribution >= 0.6 is 11.3 Å². The van der Waals surface area contributed by atoms with Crippen molar-refractivity contribution in [3.63, 3.8) is 0 Å². The second-order valence-corrected chi connectivity index (χ2v) is 4.78. The van der Waals surface area contributed by atoms with Crippen molar-refractivity contribution in [2.24, 2.45) is 0 Å². The Kier molecular flexibility index (Phi) is 2.88.